The second-order valence-corrected chi connectivity index (χ2v) is 7.52. The van der Waals surface area contributed by atoms with Crippen molar-refractivity contribution < 1.29 is 29.2 Å². The van der Waals surface area contributed by atoms with E-state index in [1.54, 1.807) is 0 Å². The lowest BCUT2D eigenvalue weighted by molar-refractivity contribution is 0.00567. The molecule has 1 amide bonds. The average Bonchev–Trinajstić information content (AvgIpc) is 2.73. The van der Waals surface area contributed by atoms with Crippen molar-refractivity contribution >= 4 is 23.2 Å². The van der Waals surface area contributed by atoms with Crippen LogP contribution in [0.5, 0.6) is 11.5 Å². The number of aliphatic hydroxyl groups excluding tert-OH is 2. The first-order valence-electron chi connectivity index (χ1n) is 9.76. The molecule has 0 spiro atoms. The van der Waals surface area contributed by atoms with Crippen molar-refractivity contribution in [1.29, 1.82) is 0 Å². The standard InChI is InChI=1S/C19H28ClN3O6/c20-16-14(21)9-13(17-18(16)29-8-7-28-17)19(26)22-10-12-1-2-23(11-15(12)25)3-5-27-6-4-24/h9,12,15,24-25H,1-8,10-11,21H2,(H,22,26)/t12-,15+/m0/s1. The van der Waals surface area contributed by atoms with Gasteiger partial charge >= 0.3 is 0 Å². The number of anilines is 1. The van der Waals surface area contributed by atoms with Gasteiger partial charge in [0.25, 0.3) is 5.91 Å². The number of hydrogen-bond acceptors (Lipinski definition) is 8. The van der Waals surface area contributed by atoms with Gasteiger partial charge in [0, 0.05) is 25.6 Å². The van der Waals surface area contributed by atoms with Gasteiger partial charge in [0.15, 0.2) is 11.5 Å². The van der Waals surface area contributed by atoms with Gasteiger partial charge in [-0.3, -0.25) is 9.69 Å². The normalized spacial score (nSPS) is 21.8. The van der Waals surface area contributed by atoms with Gasteiger partial charge in [-0.1, -0.05) is 11.6 Å². The third kappa shape index (κ3) is 5.43. The average molecular weight is 430 g/mol. The number of benzene rings is 1. The number of halogens is 1. The molecule has 3 rings (SSSR count). The van der Waals surface area contributed by atoms with Crippen LogP contribution in [0.2, 0.25) is 5.02 Å². The summed E-state index contributed by atoms with van der Waals surface area (Å²) in [6, 6.07) is 1.48. The van der Waals surface area contributed by atoms with E-state index < -0.39 is 6.10 Å². The number of hydrogen-bond donors (Lipinski definition) is 4. The second kappa shape index (κ2) is 10.3. The van der Waals surface area contributed by atoms with Crippen LogP contribution >= 0.6 is 11.6 Å². The highest BCUT2D eigenvalue weighted by Crippen LogP contribution is 2.43. The summed E-state index contributed by atoms with van der Waals surface area (Å²) in [5.41, 5.74) is 6.42. The van der Waals surface area contributed by atoms with Crippen molar-refractivity contribution in [3.63, 3.8) is 0 Å². The number of likely N-dealkylation sites (tertiary alicyclic amines) is 1. The number of nitrogens with two attached hydrogens (primary N) is 1. The molecule has 0 radical (unpaired) electrons. The maximum Gasteiger partial charge on any atom is 0.255 e. The maximum absolute atomic E-state index is 12.7. The molecule has 1 aromatic rings. The van der Waals surface area contributed by atoms with Crippen molar-refractivity contribution in [3.05, 3.63) is 16.7 Å². The highest BCUT2D eigenvalue weighted by atomic mass is 35.5. The van der Waals surface area contributed by atoms with Crippen LogP contribution in [0.25, 0.3) is 0 Å². The molecule has 1 aromatic carbocycles. The number of β-amino-alcohol motifs (C(OH)–C–C–N with tert-alkyl or cyclic N) is 1. The molecule has 2 heterocycles. The monoisotopic (exact) mass is 429 g/mol. The summed E-state index contributed by atoms with van der Waals surface area (Å²) >= 11 is 6.15. The minimum absolute atomic E-state index is 0.00401. The number of rotatable bonds is 8. The first kappa shape index (κ1) is 21.9. The van der Waals surface area contributed by atoms with E-state index in [0.29, 0.717) is 57.6 Å². The lowest BCUT2D eigenvalue weighted by Crippen LogP contribution is -2.48. The van der Waals surface area contributed by atoms with E-state index in [4.69, 9.17) is 36.7 Å². The van der Waals surface area contributed by atoms with Crippen LogP contribution in [0.4, 0.5) is 5.69 Å². The zero-order valence-electron chi connectivity index (χ0n) is 16.2. The quantitative estimate of drug-likeness (QED) is 0.339. The molecule has 0 saturated carbocycles. The predicted octanol–water partition coefficient (Wildman–Crippen LogP) is 0.115. The molecule has 0 unspecified atom stereocenters. The van der Waals surface area contributed by atoms with Crippen LogP contribution in [0.3, 0.4) is 0 Å². The van der Waals surface area contributed by atoms with Crippen molar-refractivity contribution in [2.24, 2.45) is 5.92 Å². The van der Waals surface area contributed by atoms with Gasteiger partial charge in [0.1, 0.15) is 18.2 Å². The number of fused-ring (bicyclic) bond motifs is 1. The van der Waals surface area contributed by atoms with Crippen molar-refractivity contribution in [2.45, 2.75) is 12.5 Å². The van der Waals surface area contributed by atoms with Crippen LogP contribution in [-0.2, 0) is 4.74 Å². The second-order valence-electron chi connectivity index (χ2n) is 7.15. The molecule has 0 bridgehead atoms. The number of carbonyl (C=O) groups is 1. The van der Waals surface area contributed by atoms with Crippen LogP contribution in [0.1, 0.15) is 16.8 Å². The Morgan fingerprint density at radius 1 is 1.34 bits per heavy atom. The molecule has 2 aliphatic rings. The Morgan fingerprint density at radius 3 is 2.83 bits per heavy atom. The summed E-state index contributed by atoms with van der Waals surface area (Å²) in [4.78, 5) is 14.8. The number of carbonyl (C=O) groups excluding carboxylic acids is 1. The van der Waals surface area contributed by atoms with Gasteiger partial charge in [-0.2, -0.15) is 0 Å². The maximum atomic E-state index is 12.7. The molecule has 1 fully saturated rings. The smallest absolute Gasteiger partial charge is 0.255 e. The van der Waals surface area contributed by atoms with Crippen LogP contribution < -0.4 is 20.5 Å². The van der Waals surface area contributed by atoms with Gasteiger partial charge in [0.05, 0.1) is 37.2 Å². The molecule has 29 heavy (non-hydrogen) atoms. The van der Waals surface area contributed by atoms with E-state index in [1.807, 2.05) is 0 Å². The largest absolute Gasteiger partial charge is 0.485 e. The number of ether oxygens (including phenoxy) is 3. The molecule has 1 saturated heterocycles. The summed E-state index contributed by atoms with van der Waals surface area (Å²) in [5.74, 6) is 0.194. The molecule has 2 atom stereocenters. The van der Waals surface area contributed by atoms with Gasteiger partial charge in [-0.05, 0) is 19.0 Å². The van der Waals surface area contributed by atoms with E-state index in [1.165, 1.54) is 6.07 Å². The molecule has 9 nitrogen and oxygen atoms in total. The van der Waals surface area contributed by atoms with E-state index in [9.17, 15) is 9.90 Å². The van der Waals surface area contributed by atoms with Gasteiger partial charge in [0.2, 0.25) is 0 Å². The minimum Gasteiger partial charge on any atom is -0.485 e. The Balaban J connectivity index is 1.53. The van der Waals surface area contributed by atoms with E-state index in [-0.39, 0.29) is 34.7 Å². The summed E-state index contributed by atoms with van der Waals surface area (Å²) in [6.45, 7) is 3.86. The van der Waals surface area contributed by atoms with Gasteiger partial charge in [-0.25, -0.2) is 0 Å². The number of nitrogens with zero attached hydrogens (tertiary/aromatic N) is 1. The summed E-state index contributed by atoms with van der Waals surface area (Å²) in [7, 11) is 0. The van der Waals surface area contributed by atoms with Crippen LogP contribution in [0, 0.1) is 5.92 Å². The minimum atomic E-state index is -0.550. The van der Waals surface area contributed by atoms with Crippen molar-refractivity contribution in [3.8, 4) is 11.5 Å². The number of nitrogens with one attached hydrogen (secondary N) is 1. The molecule has 10 heteroatoms. The fraction of sp³-hybridized carbons (Fsp3) is 0.632. The van der Waals surface area contributed by atoms with Crippen LogP contribution in [-0.4, -0.2) is 86.3 Å². The topological polar surface area (TPSA) is 127 Å². The Hall–Kier alpha value is -1.78. The fourth-order valence-corrected chi connectivity index (χ4v) is 3.73. The van der Waals surface area contributed by atoms with Crippen LogP contribution in [0.15, 0.2) is 6.07 Å². The fourth-order valence-electron chi connectivity index (χ4n) is 3.53. The lowest BCUT2D eigenvalue weighted by atomic mass is 9.93. The lowest BCUT2D eigenvalue weighted by Gasteiger charge is -2.36. The zero-order chi connectivity index (χ0) is 20.8. The Labute approximate surface area is 174 Å². The summed E-state index contributed by atoms with van der Waals surface area (Å²) < 4.78 is 16.4. The third-order valence-electron chi connectivity index (χ3n) is 5.14. The Kier molecular flexibility index (Phi) is 7.79. The molecule has 0 aliphatic carbocycles. The number of aliphatic hydroxyl groups is 2. The van der Waals surface area contributed by atoms with E-state index >= 15 is 0 Å². The predicted molar refractivity (Wildman–Crippen MR) is 108 cm³/mol. The number of amides is 1. The summed E-state index contributed by atoms with van der Waals surface area (Å²) in [6.07, 6.45) is 0.202. The number of piperidine rings is 1. The highest BCUT2D eigenvalue weighted by Gasteiger charge is 2.29. The summed E-state index contributed by atoms with van der Waals surface area (Å²) in [5, 5.41) is 22.3. The molecular weight excluding hydrogens is 402 g/mol. The first-order valence-corrected chi connectivity index (χ1v) is 10.1. The van der Waals surface area contributed by atoms with E-state index in [2.05, 4.69) is 10.2 Å². The highest BCUT2D eigenvalue weighted by molar-refractivity contribution is 6.35. The SMILES string of the molecule is Nc1cc(C(=O)NC[C@@H]2CCN(CCOCCO)C[C@H]2O)c2c(c1Cl)OCCO2. The molecule has 162 valence electrons. The molecule has 2 aliphatic heterocycles. The third-order valence-corrected chi connectivity index (χ3v) is 5.53. The van der Waals surface area contributed by atoms with Crippen molar-refractivity contribution in [1.82, 2.24) is 10.2 Å². The van der Waals surface area contributed by atoms with Crippen molar-refractivity contribution in [2.75, 3.05) is 64.9 Å². The molecule has 0 aromatic heterocycles. The Bertz CT molecular complexity index is 720. The zero-order valence-corrected chi connectivity index (χ0v) is 17.0. The van der Waals surface area contributed by atoms with Gasteiger partial charge < -0.3 is 35.5 Å². The number of nitrogen functional groups attached to an aromatic ring is 1. The molecule has 5 N–H and O–H groups in total. The van der Waals surface area contributed by atoms with E-state index in [0.717, 1.165) is 13.0 Å². The molecular formula is C19H28ClN3O6. The first-order chi connectivity index (χ1) is 14.0. The Morgan fingerprint density at radius 2 is 2.10 bits per heavy atom. The van der Waals surface area contributed by atoms with Gasteiger partial charge in [-0.15, -0.1) is 0 Å².